The molecule has 0 spiro atoms. The summed E-state index contributed by atoms with van der Waals surface area (Å²) in [7, 11) is 0. The van der Waals surface area contributed by atoms with Gasteiger partial charge in [0.25, 0.3) is 0 Å². The van der Waals surface area contributed by atoms with Gasteiger partial charge in [-0.25, -0.2) is 0 Å². The average Bonchev–Trinajstić information content (AvgIpc) is 3.27. The maximum atomic E-state index is 9.96. The highest BCUT2D eigenvalue weighted by Gasteiger charge is 2.35. The fourth-order valence-electron chi connectivity index (χ4n) is 2.62. The monoisotopic (exact) mass is 256 g/mol. The Bertz CT molecular complexity index is 510. The second kappa shape index (κ2) is 4.86. The highest BCUT2D eigenvalue weighted by Crippen LogP contribution is 2.40. The van der Waals surface area contributed by atoms with Crippen molar-refractivity contribution in [1.29, 1.82) is 5.26 Å². The number of nitrogens with zero attached hydrogens (tertiary/aromatic N) is 2. The molecule has 100 valence electrons. The predicted molar refractivity (Wildman–Crippen MR) is 74.9 cm³/mol. The number of anilines is 1. The summed E-state index contributed by atoms with van der Waals surface area (Å²) < 4.78 is 0. The van der Waals surface area contributed by atoms with E-state index in [1.165, 1.54) is 25.7 Å². The molecular formula is C16H20N2O. The van der Waals surface area contributed by atoms with Crippen LogP contribution in [0.4, 0.5) is 5.69 Å². The molecule has 0 bridgehead atoms. The molecule has 2 fully saturated rings. The van der Waals surface area contributed by atoms with E-state index in [1.54, 1.807) is 13.0 Å². The Labute approximate surface area is 114 Å². The van der Waals surface area contributed by atoms with E-state index < -0.39 is 6.10 Å². The van der Waals surface area contributed by atoms with E-state index in [1.807, 2.05) is 12.1 Å². The van der Waals surface area contributed by atoms with Crippen molar-refractivity contribution in [2.45, 2.75) is 44.8 Å². The molecule has 3 rings (SSSR count). The fourth-order valence-corrected chi connectivity index (χ4v) is 2.62. The van der Waals surface area contributed by atoms with Crippen molar-refractivity contribution in [2.24, 2.45) is 5.92 Å². The Morgan fingerprint density at radius 3 is 2.63 bits per heavy atom. The summed E-state index contributed by atoms with van der Waals surface area (Å²) in [6.45, 7) is 2.88. The molecule has 1 aromatic rings. The predicted octanol–water partition coefficient (Wildman–Crippen LogP) is 2.99. The molecule has 2 saturated carbocycles. The summed E-state index contributed by atoms with van der Waals surface area (Å²) in [5.41, 5.74) is 2.70. The number of hydrogen-bond donors (Lipinski definition) is 1. The van der Waals surface area contributed by atoms with E-state index in [0.29, 0.717) is 11.6 Å². The summed E-state index contributed by atoms with van der Waals surface area (Å²) in [6, 6.07) is 8.48. The quantitative estimate of drug-likeness (QED) is 0.881. The topological polar surface area (TPSA) is 47.3 Å². The molecule has 1 N–H and O–H groups in total. The summed E-state index contributed by atoms with van der Waals surface area (Å²) in [5, 5.41) is 19.1. The molecule has 19 heavy (non-hydrogen) atoms. The molecule has 0 heterocycles. The SMILES string of the molecule is C[C@@H](O)c1ccc(C#N)cc1N(CC1CC1)C1CC1. The van der Waals surface area contributed by atoms with Crippen molar-refractivity contribution >= 4 is 5.69 Å². The number of hydrogen-bond acceptors (Lipinski definition) is 3. The van der Waals surface area contributed by atoms with Gasteiger partial charge in [0.05, 0.1) is 17.7 Å². The van der Waals surface area contributed by atoms with Crippen LogP contribution < -0.4 is 4.90 Å². The van der Waals surface area contributed by atoms with Crippen LogP contribution in [0.2, 0.25) is 0 Å². The first kappa shape index (κ1) is 12.5. The summed E-state index contributed by atoms with van der Waals surface area (Å²) in [5.74, 6) is 0.813. The molecule has 2 aliphatic carbocycles. The van der Waals surface area contributed by atoms with Crippen LogP contribution in [0, 0.1) is 17.2 Å². The van der Waals surface area contributed by atoms with Gasteiger partial charge in [0.15, 0.2) is 0 Å². The van der Waals surface area contributed by atoms with E-state index in [4.69, 9.17) is 5.26 Å². The second-order valence-corrected chi connectivity index (χ2v) is 5.89. The van der Waals surface area contributed by atoms with Gasteiger partial charge in [-0.3, -0.25) is 0 Å². The maximum absolute atomic E-state index is 9.96. The zero-order valence-electron chi connectivity index (χ0n) is 11.3. The zero-order valence-corrected chi connectivity index (χ0v) is 11.3. The van der Waals surface area contributed by atoms with Crippen LogP contribution in [0.25, 0.3) is 0 Å². The summed E-state index contributed by atoms with van der Waals surface area (Å²) in [4.78, 5) is 2.43. The lowest BCUT2D eigenvalue weighted by Crippen LogP contribution is -2.29. The zero-order chi connectivity index (χ0) is 13.4. The van der Waals surface area contributed by atoms with Gasteiger partial charge in [-0.2, -0.15) is 5.26 Å². The molecule has 3 nitrogen and oxygen atoms in total. The Hall–Kier alpha value is -1.53. The molecular weight excluding hydrogens is 236 g/mol. The van der Waals surface area contributed by atoms with Crippen LogP contribution in [0.1, 0.15) is 49.8 Å². The number of benzene rings is 1. The van der Waals surface area contributed by atoms with Crippen molar-refractivity contribution in [1.82, 2.24) is 0 Å². The molecule has 0 amide bonds. The lowest BCUT2D eigenvalue weighted by molar-refractivity contribution is 0.199. The minimum atomic E-state index is -0.483. The third-order valence-corrected chi connectivity index (χ3v) is 4.06. The van der Waals surface area contributed by atoms with Crippen LogP contribution in [0.5, 0.6) is 0 Å². The fraction of sp³-hybridized carbons (Fsp3) is 0.562. The van der Waals surface area contributed by atoms with E-state index in [-0.39, 0.29) is 0 Å². The van der Waals surface area contributed by atoms with Gasteiger partial charge in [0.2, 0.25) is 0 Å². The molecule has 0 saturated heterocycles. The first-order valence-corrected chi connectivity index (χ1v) is 7.18. The standard InChI is InChI=1S/C16H20N2O/c1-11(19)15-7-4-13(9-17)8-16(15)18(14-5-6-14)10-12-2-3-12/h4,7-8,11-12,14,19H,2-3,5-6,10H2,1H3/t11-/m1/s1. The Morgan fingerprint density at radius 1 is 1.37 bits per heavy atom. The smallest absolute Gasteiger partial charge is 0.0992 e. The number of nitriles is 1. The van der Waals surface area contributed by atoms with Crippen molar-refractivity contribution in [3.8, 4) is 6.07 Å². The van der Waals surface area contributed by atoms with Gasteiger partial charge in [-0.15, -0.1) is 0 Å². The van der Waals surface area contributed by atoms with Gasteiger partial charge in [0, 0.05) is 23.8 Å². The van der Waals surface area contributed by atoms with Crippen molar-refractivity contribution in [2.75, 3.05) is 11.4 Å². The van der Waals surface area contributed by atoms with Crippen LogP contribution in [-0.2, 0) is 0 Å². The molecule has 1 atom stereocenters. The van der Waals surface area contributed by atoms with Crippen LogP contribution >= 0.6 is 0 Å². The van der Waals surface area contributed by atoms with Crippen molar-refractivity contribution in [3.63, 3.8) is 0 Å². The van der Waals surface area contributed by atoms with Crippen LogP contribution in [-0.4, -0.2) is 17.7 Å². The third-order valence-electron chi connectivity index (χ3n) is 4.06. The minimum Gasteiger partial charge on any atom is -0.389 e. The Morgan fingerprint density at radius 2 is 2.11 bits per heavy atom. The maximum Gasteiger partial charge on any atom is 0.0992 e. The molecule has 0 aliphatic heterocycles. The van der Waals surface area contributed by atoms with E-state index in [2.05, 4.69) is 11.0 Å². The summed E-state index contributed by atoms with van der Waals surface area (Å²) >= 11 is 0. The second-order valence-electron chi connectivity index (χ2n) is 5.89. The van der Waals surface area contributed by atoms with Gasteiger partial charge in [-0.1, -0.05) is 6.07 Å². The van der Waals surface area contributed by atoms with E-state index in [0.717, 1.165) is 23.7 Å². The highest BCUT2D eigenvalue weighted by molar-refractivity contribution is 5.60. The molecule has 2 aliphatic rings. The molecule has 0 unspecified atom stereocenters. The molecule has 0 radical (unpaired) electrons. The normalized spacial score (nSPS) is 19.8. The van der Waals surface area contributed by atoms with E-state index in [9.17, 15) is 5.11 Å². The van der Waals surface area contributed by atoms with Crippen LogP contribution in [0.15, 0.2) is 18.2 Å². The van der Waals surface area contributed by atoms with E-state index >= 15 is 0 Å². The van der Waals surface area contributed by atoms with Gasteiger partial charge in [-0.05, 0) is 50.7 Å². The Kier molecular flexibility index (Phi) is 3.20. The average molecular weight is 256 g/mol. The largest absolute Gasteiger partial charge is 0.389 e. The first-order valence-electron chi connectivity index (χ1n) is 7.18. The third kappa shape index (κ3) is 2.74. The van der Waals surface area contributed by atoms with Crippen LogP contribution in [0.3, 0.4) is 0 Å². The molecule has 0 aromatic heterocycles. The van der Waals surface area contributed by atoms with Gasteiger partial charge >= 0.3 is 0 Å². The number of aliphatic hydroxyl groups excluding tert-OH is 1. The van der Waals surface area contributed by atoms with Crippen molar-refractivity contribution in [3.05, 3.63) is 29.3 Å². The number of aliphatic hydroxyl groups is 1. The summed E-state index contributed by atoms with van der Waals surface area (Å²) in [6.07, 6.45) is 4.64. The lowest BCUT2D eigenvalue weighted by atomic mass is 10.0. The first-order chi connectivity index (χ1) is 9.19. The van der Waals surface area contributed by atoms with Gasteiger partial charge < -0.3 is 10.0 Å². The number of rotatable bonds is 5. The van der Waals surface area contributed by atoms with Crippen molar-refractivity contribution < 1.29 is 5.11 Å². The molecule has 3 heteroatoms. The van der Waals surface area contributed by atoms with Gasteiger partial charge in [0.1, 0.15) is 0 Å². The Balaban J connectivity index is 1.96. The molecule has 1 aromatic carbocycles. The highest BCUT2D eigenvalue weighted by atomic mass is 16.3. The minimum absolute atomic E-state index is 0.483. The lowest BCUT2D eigenvalue weighted by Gasteiger charge is -2.28.